The van der Waals surface area contributed by atoms with E-state index in [2.05, 4.69) is 92.5 Å². The van der Waals surface area contributed by atoms with Crippen LogP contribution in [-0.2, 0) is 6.42 Å². The van der Waals surface area contributed by atoms with Crippen molar-refractivity contribution in [2.75, 3.05) is 26.7 Å². The summed E-state index contributed by atoms with van der Waals surface area (Å²) in [7, 11) is 1.74. The molecule has 1 saturated heterocycles. The van der Waals surface area contributed by atoms with Gasteiger partial charge in [-0.3, -0.25) is 0 Å². The first-order valence-corrected chi connectivity index (χ1v) is 12.7. The highest BCUT2D eigenvalue weighted by atomic mass is 79.9. The zero-order valence-electron chi connectivity index (χ0n) is 19.2. The lowest BCUT2D eigenvalue weighted by Crippen LogP contribution is -2.33. The molecule has 4 heteroatoms. The van der Waals surface area contributed by atoms with Gasteiger partial charge in [0.2, 0.25) is 0 Å². The lowest BCUT2D eigenvalue weighted by Gasteiger charge is -2.32. The third-order valence-corrected chi connectivity index (χ3v) is 7.53. The number of likely N-dealkylation sites (tertiary alicyclic amines) is 1. The molecule has 170 valence electrons. The molecule has 1 N–H and O–H groups in total. The number of halogens is 1. The maximum Gasteiger partial charge on any atom is 0.119 e. The third kappa shape index (κ3) is 5.02. The Morgan fingerprint density at radius 1 is 0.970 bits per heavy atom. The molecule has 0 aliphatic carbocycles. The molecule has 0 spiro atoms. The zero-order valence-corrected chi connectivity index (χ0v) is 20.8. The second-order valence-electron chi connectivity index (χ2n) is 9.03. The number of hydrogen-bond donors (Lipinski definition) is 1. The van der Waals surface area contributed by atoms with E-state index >= 15 is 0 Å². The van der Waals surface area contributed by atoms with Crippen molar-refractivity contribution in [1.29, 1.82) is 0 Å². The Labute approximate surface area is 204 Å². The van der Waals surface area contributed by atoms with E-state index in [1.54, 1.807) is 7.11 Å². The summed E-state index contributed by atoms with van der Waals surface area (Å²) < 4.78 is 6.63. The van der Waals surface area contributed by atoms with E-state index in [0.717, 1.165) is 29.6 Å². The van der Waals surface area contributed by atoms with Crippen LogP contribution in [0.1, 0.15) is 36.3 Å². The molecule has 33 heavy (non-hydrogen) atoms. The van der Waals surface area contributed by atoms with Crippen LogP contribution in [0, 0.1) is 0 Å². The van der Waals surface area contributed by atoms with Gasteiger partial charge in [-0.15, -0.1) is 0 Å². The van der Waals surface area contributed by atoms with Crippen molar-refractivity contribution < 1.29 is 4.74 Å². The third-order valence-electron chi connectivity index (χ3n) is 7.01. The number of aryl methyl sites for hydroxylation is 1. The molecule has 0 unspecified atom stereocenters. The van der Waals surface area contributed by atoms with Crippen molar-refractivity contribution in [3.05, 3.63) is 88.4 Å². The fraction of sp³-hybridized carbons (Fsp3) is 0.310. The molecule has 1 fully saturated rings. The van der Waals surface area contributed by atoms with Gasteiger partial charge < -0.3 is 14.6 Å². The van der Waals surface area contributed by atoms with Gasteiger partial charge in [0.25, 0.3) is 0 Å². The molecule has 0 saturated carbocycles. The molecule has 2 heterocycles. The minimum absolute atomic E-state index is 0.715. The van der Waals surface area contributed by atoms with Crippen LogP contribution in [0.5, 0.6) is 5.75 Å². The standard InChI is InChI=1S/C29H31BrN2O/c1-33-25-13-14-28-27(20-25)26(29(31-28)23-9-11-24(30)12-10-23)8-5-17-32-18-15-22(16-19-32)21-6-3-2-4-7-21/h2-4,6-7,9-14,20,22,31H,5,8,15-19H2,1H3. The van der Waals surface area contributed by atoms with Gasteiger partial charge in [-0.2, -0.15) is 0 Å². The van der Waals surface area contributed by atoms with E-state index < -0.39 is 0 Å². The quantitative estimate of drug-likeness (QED) is 0.284. The van der Waals surface area contributed by atoms with Gasteiger partial charge in [0.15, 0.2) is 0 Å². The van der Waals surface area contributed by atoms with Crippen LogP contribution >= 0.6 is 15.9 Å². The lowest BCUT2D eigenvalue weighted by atomic mass is 9.89. The number of aromatic amines is 1. The fourth-order valence-corrected chi connectivity index (χ4v) is 5.44. The molecule has 0 amide bonds. The van der Waals surface area contributed by atoms with Gasteiger partial charge in [0.05, 0.1) is 7.11 Å². The number of fused-ring (bicyclic) bond motifs is 1. The molecule has 4 aromatic rings. The Balaban J connectivity index is 1.29. The summed E-state index contributed by atoms with van der Waals surface area (Å²) >= 11 is 3.56. The smallest absolute Gasteiger partial charge is 0.119 e. The molecule has 1 aromatic heterocycles. The van der Waals surface area contributed by atoms with Gasteiger partial charge >= 0.3 is 0 Å². The summed E-state index contributed by atoms with van der Waals surface area (Å²) in [4.78, 5) is 6.33. The van der Waals surface area contributed by atoms with Gasteiger partial charge in [-0.05, 0) is 98.3 Å². The van der Waals surface area contributed by atoms with Crippen LogP contribution in [0.15, 0.2) is 77.3 Å². The van der Waals surface area contributed by atoms with Crippen molar-refractivity contribution in [1.82, 2.24) is 9.88 Å². The molecular formula is C29H31BrN2O. The Morgan fingerprint density at radius 2 is 1.73 bits per heavy atom. The van der Waals surface area contributed by atoms with Gasteiger partial charge in [0.1, 0.15) is 5.75 Å². The average Bonchev–Trinajstić information content (AvgIpc) is 3.23. The Hall–Kier alpha value is -2.56. The molecule has 0 bridgehead atoms. The van der Waals surface area contributed by atoms with E-state index in [0.29, 0.717) is 5.92 Å². The molecule has 1 aliphatic rings. The molecular weight excluding hydrogens is 472 g/mol. The highest BCUT2D eigenvalue weighted by Crippen LogP contribution is 2.34. The molecule has 3 aromatic carbocycles. The van der Waals surface area contributed by atoms with Crippen LogP contribution in [0.25, 0.3) is 22.2 Å². The average molecular weight is 503 g/mol. The van der Waals surface area contributed by atoms with Crippen molar-refractivity contribution in [3.63, 3.8) is 0 Å². The highest BCUT2D eigenvalue weighted by molar-refractivity contribution is 9.10. The first kappa shape index (κ1) is 22.2. The van der Waals surface area contributed by atoms with Crippen LogP contribution < -0.4 is 4.74 Å². The van der Waals surface area contributed by atoms with Crippen molar-refractivity contribution in [2.45, 2.75) is 31.6 Å². The molecule has 5 rings (SSSR count). The monoisotopic (exact) mass is 502 g/mol. The highest BCUT2D eigenvalue weighted by Gasteiger charge is 2.20. The van der Waals surface area contributed by atoms with Crippen LogP contribution in [0.2, 0.25) is 0 Å². The number of methoxy groups -OCH3 is 1. The SMILES string of the molecule is COc1ccc2[nH]c(-c3ccc(Br)cc3)c(CCCN3CCC(c4ccccc4)CC3)c2c1. The summed E-state index contributed by atoms with van der Waals surface area (Å²) in [6.07, 6.45) is 4.73. The number of nitrogens with zero attached hydrogens (tertiary/aromatic N) is 1. The predicted molar refractivity (Wildman–Crippen MR) is 141 cm³/mol. The summed E-state index contributed by atoms with van der Waals surface area (Å²) in [5, 5.41) is 1.27. The van der Waals surface area contributed by atoms with E-state index in [1.807, 2.05) is 6.07 Å². The fourth-order valence-electron chi connectivity index (χ4n) is 5.17. The normalized spacial score (nSPS) is 15.2. The predicted octanol–water partition coefficient (Wildman–Crippen LogP) is 7.42. The van der Waals surface area contributed by atoms with Crippen LogP contribution in [0.3, 0.4) is 0 Å². The summed E-state index contributed by atoms with van der Waals surface area (Å²) in [5.74, 6) is 1.63. The van der Waals surface area contributed by atoms with E-state index in [-0.39, 0.29) is 0 Å². The van der Waals surface area contributed by atoms with Gasteiger partial charge in [0, 0.05) is 21.1 Å². The number of benzene rings is 3. The molecule has 0 atom stereocenters. The molecule has 1 aliphatic heterocycles. The summed E-state index contributed by atoms with van der Waals surface area (Å²) in [5.41, 5.74) is 6.53. The van der Waals surface area contributed by atoms with Crippen molar-refractivity contribution >= 4 is 26.8 Å². The molecule has 3 nitrogen and oxygen atoms in total. The van der Waals surface area contributed by atoms with Crippen molar-refractivity contribution in [2.24, 2.45) is 0 Å². The van der Waals surface area contributed by atoms with Crippen LogP contribution in [0.4, 0.5) is 0 Å². The zero-order chi connectivity index (χ0) is 22.6. The summed E-state index contributed by atoms with van der Waals surface area (Å²) in [6.45, 7) is 3.54. The van der Waals surface area contributed by atoms with E-state index in [4.69, 9.17) is 4.74 Å². The number of rotatable bonds is 7. The Bertz CT molecular complexity index is 1190. The second-order valence-corrected chi connectivity index (χ2v) is 9.94. The number of H-pyrrole nitrogens is 1. The number of ether oxygens (including phenoxy) is 1. The second kappa shape index (κ2) is 10.1. The number of nitrogens with one attached hydrogen (secondary N) is 1. The maximum atomic E-state index is 5.53. The minimum atomic E-state index is 0.715. The van der Waals surface area contributed by atoms with Crippen LogP contribution in [-0.4, -0.2) is 36.6 Å². The Morgan fingerprint density at radius 3 is 2.45 bits per heavy atom. The van der Waals surface area contributed by atoms with Crippen molar-refractivity contribution in [3.8, 4) is 17.0 Å². The van der Waals surface area contributed by atoms with E-state index in [9.17, 15) is 0 Å². The largest absolute Gasteiger partial charge is 0.497 e. The number of aromatic nitrogens is 1. The van der Waals surface area contributed by atoms with Gasteiger partial charge in [-0.1, -0.05) is 58.4 Å². The number of piperidine rings is 1. The van der Waals surface area contributed by atoms with E-state index in [1.165, 1.54) is 59.2 Å². The maximum absolute atomic E-state index is 5.53. The lowest BCUT2D eigenvalue weighted by molar-refractivity contribution is 0.210. The summed E-state index contributed by atoms with van der Waals surface area (Å²) in [6, 6.07) is 26.0. The Kier molecular flexibility index (Phi) is 6.84. The topological polar surface area (TPSA) is 28.3 Å². The van der Waals surface area contributed by atoms with Gasteiger partial charge in [-0.25, -0.2) is 0 Å². The first-order chi connectivity index (χ1) is 16.2. The number of hydrogen-bond acceptors (Lipinski definition) is 2. The first-order valence-electron chi connectivity index (χ1n) is 11.9. The minimum Gasteiger partial charge on any atom is -0.497 e. The molecule has 0 radical (unpaired) electrons.